The number of hydrogen-bond acceptors (Lipinski definition) is 6. The van der Waals surface area contributed by atoms with Gasteiger partial charge in [0.1, 0.15) is 0 Å². The fourth-order valence-electron chi connectivity index (χ4n) is 3.19. The largest absolute Gasteiger partial charge is 0.397 e. The number of aliphatic hydroxyl groups is 1. The topological polar surface area (TPSA) is 91.1 Å². The SMILES string of the molecule is Nc1ccccc1NC(=O)c1ccc(CN(CCO)CN2CCOCC2)cc1. The zero-order chi connectivity index (χ0) is 19.8. The molecule has 4 N–H and O–H groups in total. The van der Waals surface area contributed by atoms with Crippen molar-refractivity contribution in [2.75, 3.05) is 57.2 Å². The first-order valence-electron chi connectivity index (χ1n) is 9.54. The van der Waals surface area contributed by atoms with Gasteiger partial charge in [0.2, 0.25) is 0 Å². The minimum Gasteiger partial charge on any atom is -0.397 e. The van der Waals surface area contributed by atoms with E-state index < -0.39 is 0 Å². The first-order chi connectivity index (χ1) is 13.7. The highest BCUT2D eigenvalue weighted by Gasteiger charge is 2.15. The van der Waals surface area contributed by atoms with Crippen LogP contribution in [0, 0.1) is 0 Å². The lowest BCUT2D eigenvalue weighted by Gasteiger charge is -2.32. The highest BCUT2D eigenvalue weighted by atomic mass is 16.5. The Balaban J connectivity index is 1.58. The smallest absolute Gasteiger partial charge is 0.255 e. The molecule has 7 nitrogen and oxygen atoms in total. The number of amides is 1. The van der Waals surface area contributed by atoms with Crippen LogP contribution < -0.4 is 11.1 Å². The quantitative estimate of drug-likeness (QED) is 0.599. The maximum absolute atomic E-state index is 12.4. The Morgan fingerprint density at radius 2 is 1.86 bits per heavy atom. The fraction of sp³-hybridized carbons (Fsp3) is 0.381. The number of ether oxygens (including phenoxy) is 1. The number of carbonyl (C=O) groups is 1. The predicted octanol–water partition coefficient (Wildman–Crippen LogP) is 1.61. The highest BCUT2D eigenvalue weighted by molar-refractivity contribution is 6.05. The molecule has 0 aromatic heterocycles. The average Bonchev–Trinajstić information content (AvgIpc) is 2.71. The summed E-state index contributed by atoms with van der Waals surface area (Å²) in [6, 6.07) is 14.7. The Morgan fingerprint density at radius 1 is 1.14 bits per heavy atom. The van der Waals surface area contributed by atoms with Gasteiger partial charge in [-0.1, -0.05) is 24.3 Å². The van der Waals surface area contributed by atoms with Crippen LogP contribution in [0.2, 0.25) is 0 Å². The van der Waals surface area contributed by atoms with E-state index in [1.807, 2.05) is 36.4 Å². The number of para-hydroxylation sites is 2. The van der Waals surface area contributed by atoms with E-state index in [9.17, 15) is 9.90 Å². The molecule has 0 saturated carbocycles. The third-order valence-corrected chi connectivity index (χ3v) is 4.75. The van der Waals surface area contributed by atoms with E-state index >= 15 is 0 Å². The first kappa shape index (κ1) is 20.3. The molecule has 3 rings (SSSR count). The second-order valence-electron chi connectivity index (χ2n) is 6.89. The number of nitrogens with one attached hydrogen (secondary N) is 1. The number of anilines is 2. The second kappa shape index (κ2) is 10.2. The van der Waals surface area contributed by atoms with Crippen molar-refractivity contribution >= 4 is 17.3 Å². The number of benzene rings is 2. The van der Waals surface area contributed by atoms with Crippen LogP contribution in [0.4, 0.5) is 11.4 Å². The Labute approximate surface area is 165 Å². The summed E-state index contributed by atoms with van der Waals surface area (Å²) < 4.78 is 5.39. The number of hydrogen-bond donors (Lipinski definition) is 3. The van der Waals surface area contributed by atoms with Crippen molar-refractivity contribution < 1.29 is 14.6 Å². The van der Waals surface area contributed by atoms with Gasteiger partial charge in [-0.3, -0.25) is 14.6 Å². The van der Waals surface area contributed by atoms with Crippen LogP contribution in [-0.4, -0.2) is 66.9 Å². The third kappa shape index (κ3) is 5.77. The zero-order valence-electron chi connectivity index (χ0n) is 16.0. The van der Waals surface area contributed by atoms with Crippen molar-refractivity contribution in [1.29, 1.82) is 0 Å². The number of nitrogens with two attached hydrogens (primary N) is 1. The van der Waals surface area contributed by atoms with Crippen LogP contribution in [0.1, 0.15) is 15.9 Å². The number of aliphatic hydroxyl groups excluding tert-OH is 1. The molecule has 1 heterocycles. The molecule has 28 heavy (non-hydrogen) atoms. The second-order valence-corrected chi connectivity index (χ2v) is 6.89. The van der Waals surface area contributed by atoms with Gasteiger partial charge in [0.25, 0.3) is 5.91 Å². The van der Waals surface area contributed by atoms with Crippen molar-refractivity contribution in [3.05, 3.63) is 59.7 Å². The van der Waals surface area contributed by atoms with Crippen LogP contribution in [0.15, 0.2) is 48.5 Å². The molecule has 2 aromatic carbocycles. The molecule has 1 amide bonds. The van der Waals surface area contributed by atoms with Crippen LogP contribution in [0.3, 0.4) is 0 Å². The van der Waals surface area contributed by atoms with Gasteiger partial charge in [0, 0.05) is 31.7 Å². The average molecular weight is 384 g/mol. The highest BCUT2D eigenvalue weighted by Crippen LogP contribution is 2.18. The lowest BCUT2D eigenvalue weighted by atomic mass is 10.1. The molecule has 1 aliphatic rings. The standard InChI is InChI=1S/C21H28N4O3/c22-19-3-1-2-4-20(19)23-21(27)18-7-5-17(6-8-18)15-25(9-12-26)16-24-10-13-28-14-11-24/h1-8,26H,9-16,22H2,(H,23,27). The Bertz CT molecular complexity index is 761. The van der Waals surface area contributed by atoms with E-state index in [4.69, 9.17) is 10.5 Å². The predicted molar refractivity (Wildman–Crippen MR) is 110 cm³/mol. The molecule has 0 spiro atoms. The number of nitrogens with zero attached hydrogens (tertiary/aromatic N) is 2. The van der Waals surface area contributed by atoms with Gasteiger partial charge in [0.05, 0.1) is 37.9 Å². The van der Waals surface area contributed by atoms with Crippen molar-refractivity contribution in [3.8, 4) is 0 Å². The van der Waals surface area contributed by atoms with Gasteiger partial charge >= 0.3 is 0 Å². The van der Waals surface area contributed by atoms with E-state index in [0.29, 0.717) is 30.0 Å². The van der Waals surface area contributed by atoms with Gasteiger partial charge in [-0.25, -0.2) is 0 Å². The maximum atomic E-state index is 12.4. The summed E-state index contributed by atoms with van der Waals surface area (Å²) in [6.45, 7) is 5.54. The minimum absolute atomic E-state index is 0.114. The Hall–Kier alpha value is -2.45. The molecule has 2 aromatic rings. The molecule has 0 radical (unpaired) electrons. The van der Waals surface area contributed by atoms with Gasteiger partial charge in [-0.05, 0) is 29.8 Å². The monoisotopic (exact) mass is 384 g/mol. The normalized spacial score (nSPS) is 14.9. The molecule has 150 valence electrons. The molecular formula is C21H28N4O3. The summed E-state index contributed by atoms with van der Waals surface area (Å²) >= 11 is 0. The zero-order valence-corrected chi connectivity index (χ0v) is 16.0. The molecule has 0 aliphatic carbocycles. The molecule has 1 saturated heterocycles. The molecular weight excluding hydrogens is 356 g/mol. The van der Waals surface area contributed by atoms with E-state index in [1.54, 1.807) is 12.1 Å². The fourth-order valence-corrected chi connectivity index (χ4v) is 3.19. The summed E-state index contributed by atoms with van der Waals surface area (Å²) in [5, 5.41) is 12.2. The number of carbonyl (C=O) groups excluding carboxylic acids is 1. The summed E-state index contributed by atoms with van der Waals surface area (Å²) in [5.41, 5.74) is 8.70. The number of nitrogen functional groups attached to an aromatic ring is 1. The Kier molecular flexibility index (Phi) is 7.39. The van der Waals surface area contributed by atoms with E-state index in [0.717, 1.165) is 38.5 Å². The van der Waals surface area contributed by atoms with Crippen molar-refractivity contribution in [1.82, 2.24) is 9.80 Å². The summed E-state index contributed by atoms with van der Waals surface area (Å²) in [6.07, 6.45) is 0. The van der Waals surface area contributed by atoms with Gasteiger partial charge in [-0.15, -0.1) is 0 Å². The Morgan fingerprint density at radius 3 is 2.54 bits per heavy atom. The van der Waals surface area contributed by atoms with Crippen LogP contribution >= 0.6 is 0 Å². The van der Waals surface area contributed by atoms with E-state index in [1.165, 1.54) is 0 Å². The number of rotatable bonds is 8. The van der Waals surface area contributed by atoms with Crippen LogP contribution in [-0.2, 0) is 11.3 Å². The van der Waals surface area contributed by atoms with Crippen LogP contribution in [0.25, 0.3) is 0 Å². The lowest BCUT2D eigenvalue weighted by Crippen LogP contribution is -2.44. The third-order valence-electron chi connectivity index (χ3n) is 4.75. The minimum atomic E-state index is -0.190. The lowest BCUT2D eigenvalue weighted by molar-refractivity contribution is 0.00503. The summed E-state index contributed by atoms with van der Waals surface area (Å²) in [5.74, 6) is -0.190. The maximum Gasteiger partial charge on any atom is 0.255 e. The van der Waals surface area contributed by atoms with Crippen LogP contribution in [0.5, 0.6) is 0 Å². The molecule has 0 unspecified atom stereocenters. The molecule has 0 bridgehead atoms. The molecule has 0 atom stereocenters. The summed E-state index contributed by atoms with van der Waals surface area (Å²) in [4.78, 5) is 17.0. The first-order valence-corrected chi connectivity index (χ1v) is 9.54. The van der Waals surface area contributed by atoms with Crippen molar-refractivity contribution in [2.24, 2.45) is 0 Å². The van der Waals surface area contributed by atoms with Gasteiger partial charge in [-0.2, -0.15) is 0 Å². The van der Waals surface area contributed by atoms with E-state index in [2.05, 4.69) is 15.1 Å². The van der Waals surface area contributed by atoms with Gasteiger partial charge < -0.3 is 20.9 Å². The van der Waals surface area contributed by atoms with Gasteiger partial charge in [0.15, 0.2) is 0 Å². The molecule has 7 heteroatoms. The van der Waals surface area contributed by atoms with E-state index in [-0.39, 0.29) is 12.5 Å². The molecule has 1 fully saturated rings. The van der Waals surface area contributed by atoms with Crippen molar-refractivity contribution in [3.63, 3.8) is 0 Å². The van der Waals surface area contributed by atoms with Crippen molar-refractivity contribution in [2.45, 2.75) is 6.54 Å². The molecule has 1 aliphatic heterocycles. The summed E-state index contributed by atoms with van der Waals surface area (Å²) in [7, 11) is 0. The number of morpholine rings is 1.